The number of rotatable bonds is 12. The number of carbonyl (C=O) groups is 1. The van der Waals surface area contributed by atoms with E-state index in [1.807, 2.05) is 55.5 Å². The molecule has 2 aromatic carbocycles. The topological polar surface area (TPSA) is 70.8 Å². The molecule has 0 saturated heterocycles. The van der Waals surface area contributed by atoms with Gasteiger partial charge in [0, 0.05) is 18.1 Å². The summed E-state index contributed by atoms with van der Waals surface area (Å²) in [4.78, 5) is 16.9. The van der Waals surface area contributed by atoms with Crippen molar-refractivity contribution in [2.24, 2.45) is 0 Å². The summed E-state index contributed by atoms with van der Waals surface area (Å²) in [6.07, 6.45) is 3.69. The van der Waals surface area contributed by atoms with E-state index < -0.39 is 11.6 Å². The quantitative estimate of drug-likeness (QED) is 0.291. The molecule has 182 valence electrons. The largest absolute Gasteiger partial charge is 0.493 e. The molecule has 0 saturated carbocycles. The smallest absolute Gasteiger partial charge is 0.349 e. The molecule has 0 amide bonds. The predicted octanol–water partition coefficient (Wildman–Crippen LogP) is 6.33. The standard InChI is InChI=1S/C28H35NO5/c1-6-8-12-21-15-16-23(34-28(4,5)27(30)31-7-2)19-25(21)32-18-17-24-20(3)33-26(29-24)22-13-10-9-11-14-22/h9-11,13-16,19H,6-8,12,17-18H2,1-5H3. The SMILES string of the molecule is CCCCc1ccc(OC(C)(C)C(=O)OCC)cc1OCCc1nc(-c2ccccc2)oc1C. The maximum atomic E-state index is 12.2. The van der Waals surface area contributed by atoms with E-state index in [-0.39, 0.29) is 0 Å². The van der Waals surface area contributed by atoms with Crippen molar-refractivity contribution in [3.05, 3.63) is 65.5 Å². The Morgan fingerprint density at radius 2 is 1.82 bits per heavy atom. The van der Waals surface area contributed by atoms with Crippen LogP contribution in [0, 0.1) is 6.92 Å². The molecule has 0 N–H and O–H groups in total. The molecule has 6 heteroatoms. The molecule has 0 fully saturated rings. The average molecular weight is 466 g/mol. The third-order valence-electron chi connectivity index (χ3n) is 5.49. The lowest BCUT2D eigenvalue weighted by molar-refractivity contribution is -0.158. The average Bonchev–Trinajstić information content (AvgIpc) is 3.19. The lowest BCUT2D eigenvalue weighted by Gasteiger charge is -2.24. The molecule has 6 nitrogen and oxygen atoms in total. The fourth-order valence-corrected chi connectivity index (χ4v) is 3.57. The maximum Gasteiger partial charge on any atom is 0.349 e. The Bertz CT molecular complexity index is 1070. The number of carbonyl (C=O) groups excluding carboxylic acids is 1. The highest BCUT2D eigenvalue weighted by molar-refractivity contribution is 5.79. The van der Waals surface area contributed by atoms with Crippen LogP contribution in [0.1, 0.15) is 57.6 Å². The van der Waals surface area contributed by atoms with Crippen molar-refractivity contribution in [1.29, 1.82) is 0 Å². The van der Waals surface area contributed by atoms with Gasteiger partial charge in [-0.25, -0.2) is 9.78 Å². The van der Waals surface area contributed by atoms with Crippen LogP contribution in [0.15, 0.2) is 52.9 Å². The Balaban J connectivity index is 1.71. The third-order valence-corrected chi connectivity index (χ3v) is 5.49. The number of benzene rings is 2. The van der Waals surface area contributed by atoms with Crippen molar-refractivity contribution in [2.75, 3.05) is 13.2 Å². The van der Waals surface area contributed by atoms with Gasteiger partial charge in [-0.1, -0.05) is 37.6 Å². The van der Waals surface area contributed by atoms with Crippen LogP contribution in [-0.2, 0) is 22.4 Å². The number of unbranched alkanes of at least 4 members (excludes halogenated alkanes) is 1. The molecular formula is C28H35NO5. The highest BCUT2D eigenvalue weighted by Gasteiger charge is 2.31. The first kappa shape index (κ1) is 25.3. The lowest BCUT2D eigenvalue weighted by atomic mass is 10.1. The van der Waals surface area contributed by atoms with Crippen LogP contribution in [0.3, 0.4) is 0 Å². The summed E-state index contributed by atoms with van der Waals surface area (Å²) in [5.74, 6) is 2.34. The number of hydrogen-bond acceptors (Lipinski definition) is 6. The molecule has 3 aromatic rings. The van der Waals surface area contributed by atoms with E-state index in [0.717, 1.165) is 47.6 Å². The van der Waals surface area contributed by atoms with Crippen molar-refractivity contribution >= 4 is 5.97 Å². The van der Waals surface area contributed by atoms with Gasteiger partial charge in [0.25, 0.3) is 0 Å². The summed E-state index contributed by atoms with van der Waals surface area (Å²) in [6.45, 7) is 10.0. The van der Waals surface area contributed by atoms with Gasteiger partial charge in [-0.05, 0) is 64.3 Å². The minimum absolute atomic E-state index is 0.309. The predicted molar refractivity (Wildman–Crippen MR) is 132 cm³/mol. The zero-order valence-corrected chi connectivity index (χ0v) is 20.8. The molecule has 0 aliphatic rings. The van der Waals surface area contributed by atoms with E-state index in [1.54, 1.807) is 20.8 Å². The normalized spacial score (nSPS) is 11.3. The summed E-state index contributed by atoms with van der Waals surface area (Å²) >= 11 is 0. The molecule has 0 aliphatic heterocycles. The summed E-state index contributed by atoms with van der Waals surface area (Å²) in [5, 5.41) is 0. The zero-order valence-electron chi connectivity index (χ0n) is 20.8. The molecule has 0 spiro atoms. The molecule has 3 rings (SSSR count). The van der Waals surface area contributed by atoms with E-state index in [1.165, 1.54) is 0 Å². The van der Waals surface area contributed by atoms with Gasteiger partial charge < -0.3 is 18.6 Å². The first-order valence-electron chi connectivity index (χ1n) is 12.0. The van der Waals surface area contributed by atoms with Crippen molar-refractivity contribution < 1.29 is 23.4 Å². The number of aryl methyl sites for hydroxylation is 2. The molecule has 0 atom stereocenters. The molecular weight excluding hydrogens is 430 g/mol. The van der Waals surface area contributed by atoms with Gasteiger partial charge in [-0.2, -0.15) is 0 Å². The molecule has 0 radical (unpaired) electrons. The van der Waals surface area contributed by atoms with Crippen LogP contribution in [-0.4, -0.2) is 29.8 Å². The fourth-order valence-electron chi connectivity index (χ4n) is 3.57. The molecule has 0 aliphatic carbocycles. The van der Waals surface area contributed by atoms with Crippen LogP contribution >= 0.6 is 0 Å². The van der Waals surface area contributed by atoms with Crippen LogP contribution in [0.4, 0.5) is 0 Å². The fraction of sp³-hybridized carbons (Fsp3) is 0.429. The van der Waals surface area contributed by atoms with Gasteiger partial charge in [0.15, 0.2) is 5.60 Å². The van der Waals surface area contributed by atoms with Gasteiger partial charge in [0.05, 0.1) is 18.9 Å². The Hall–Kier alpha value is -3.28. The number of esters is 1. The number of hydrogen-bond donors (Lipinski definition) is 0. The number of nitrogens with zero attached hydrogens (tertiary/aromatic N) is 1. The highest BCUT2D eigenvalue weighted by atomic mass is 16.6. The minimum atomic E-state index is -1.09. The summed E-state index contributed by atoms with van der Waals surface area (Å²) in [6, 6.07) is 15.6. The van der Waals surface area contributed by atoms with Crippen LogP contribution in [0.2, 0.25) is 0 Å². The highest BCUT2D eigenvalue weighted by Crippen LogP contribution is 2.30. The molecule has 0 bridgehead atoms. The number of ether oxygens (including phenoxy) is 3. The van der Waals surface area contributed by atoms with E-state index in [2.05, 4.69) is 11.9 Å². The lowest BCUT2D eigenvalue weighted by Crippen LogP contribution is -2.39. The third kappa shape index (κ3) is 6.62. The van der Waals surface area contributed by atoms with Gasteiger partial charge in [0.1, 0.15) is 17.3 Å². The van der Waals surface area contributed by atoms with Crippen LogP contribution < -0.4 is 9.47 Å². The Morgan fingerprint density at radius 3 is 2.53 bits per heavy atom. The van der Waals surface area contributed by atoms with Crippen molar-refractivity contribution in [3.63, 3.8) is 0 Å². The maximum absolute atomic E-state index is 12.2. The second-order valence-corrected chi connectivity index (χ2v) is 8.69. The second kappa shape index (κ2) is 11.7. The summed E-state index contributed by atoms with van der Waals surface area (Å²) in [7, 11) is 0. The van der Waals surface area contributed by atoms with Gasteiger partial charge in [-0.3, -0.25) is 0 Å². The van der Waals surface area contributed by atoms with Crippen LogP contribution in [0.5, 0.6) is 11.5 Å². The molecule has 0 unspecified atom stereocenters. The van der Waals surface area contributed by atoms with E-state index >= 15 is 0 Å². The van der Waals surface area contributed by atoms with E-state index in [4.69, 9.17) is 18.6 Å². The summed E-state index contributed by atoms with van der Waals surface area (Å²) < 4.78 is 23.2. The van der Waals surface area contributed by atoms with Gasteiger partial charge in [0.2, 0.25) is 5.89 Å². The molecule has 1 heterocycles. The minimum Gasteiger partial charge on any atom is -0.493 e. The van der Waals surface area contributed by atoms with Crippen LogP contribution in [0.25, 0.3) is 11.5 Å². The van der Waals surface area contributed by atoms with E-state index in [9.17, 15) is 4.79 Å². The van der Waals surface area contributed by atoms with Crippen molar-refractivity contribution in [1.82, 2.24) is 4.98 Å². The Morgan fingerprint density at radius 1 is 1.06 bits per heavy atom. The molecule has 1 aromatic heterocycles. The monoisotopic (exact) mass is 465 g/mol. The number of oxazole rings is 1. The number of aromatic nitrogens is 1. The van der Waals surface area contributed by atoms with Crippen molar-refractivity contribution in [3.8, 4) is 23.0 Å². The van der Waals surface area contributed by atoms with Gasteiger partial charge >= 0.3 is 5.97 Å². The summed E-state index contributed by atoms with van der Waals surface area (Å²) in [5.41, 5.74) is 1.85. The van der Waals surface area contributed by atoms with E-state index in [0.29, 0.717) is 31.3 Å². The zero-order chi connectivity index (χ0) is 24.6. The first-order valence-corrected chi connectivity index (χ1v) is 12.0. The Kier molecular flexibility index (Phi) is 8.74. The Labute approximate surface area is 202 Å². The van der Waals surface area contributed by atoms with Crippen molar-refractivity contribution in [2.45, 2.75) is 65.9 Å². The molecule has 34 heavy (non-hydrogen) atoms. The second-order valence-electron chi connectivity index (χ2n) is 8.69. The van der Waals surface area contributed by atoms with Gasteiger partial charge in [-0.15, -0.1) is 0 Å². The first-order chi connectivity index (χ1) is 16.3.